The zero-order chi connectivity index (χ0) is 21.0. The molecule has 1 aliphatic rings. The standard InChI is InChI=1S/C19H25ClN4O4S/c1-22-16-17(21-19(22)20)23(2)29(26)24(18(16)25)12-6-4-5-7-13-28-15-10-8-14(27-3)9-11-15/h8-11H,4-7,12-13H2,1-3H3. The number of imidazole rings is 1. The van der Waals surface area contributed by atoms with Crippen molar-refractivity contribution in [3.05, 3.63) is 35.2 Å². The lowest BCUT2D eigenvalue weighted by atomic mass is 10.2. The van der Waals surface area contributed by atoms with Gasteiger partial charge >= 0.3 is 0 Å². The van der Waals surface area contributed by atoms with E-state index in [-0.39, 0.29) is 11.2 Å². The molecule has 3 rings (SSSR count). The lowest BCUT2D eigenvalue weighted by Gasteiger charge is -2.31. The molecular formula is C19H25ClN4O4S. The summed E-state index contributed by atoms with van der Waals surface area (Å²) in [5, 5.41) is 0.200. The van der Waals surface area contributed by atoms with Gasteiger partial charge in [0.25, 0.3) is 5.91 Å². The Balaban J connectivity index is 1.41. The number of nitrogens with zero attached hydrogens (tertiary/aromatic N) is 4. The van der Waals surface area contributed by atoms with Crippen LogP contribution < -0.4 is 13.8 Å². The van der Waals surface area contributed by atoms with Crippen molar-refractivity contribution in [3.63, 3.8) is 0 Å². The van der Waals surface area contributed by atoms with Crippen LogP contribution in [-0.4, -0.2) is 51.3 Å². The lowest BCUT2D eigenvalue weighted by molar-refractivity contribution is 0.0853. The second kappa shape index (κ2) is 9.49. The molecule has 1 amide bonds. The number of halogens is 1. The van der Waals surface area contributed by atoms with Gasteiger partial charge in [-0.25, -0.2) is 8.51 Å². The van der Waals surface area contributed by atoms with E-state index in [0.29, 0.717) is 24.7 Å². The van der Waals surface area contributed by atoms with Crippen LogP contribution in [-0.2, 0) is 18.2 Å². The molecule has 0 spiro atoms. The topological polar surface area (TPSA) is 76.9 Å². The van der Waals surface area contributed by atoms with Crippen LogP contribution in [0.4, 0.5) is 5.82 Å². The van der Waals surface area contributed by atoms with Gasteiger partial charge in [0, 0.05) is 20.6 Å². The Morgan fingerprint density at radius 2 is 1.72 bits per heavy atom. The summed E-state index contributed by atoms with van der Waals surface area (Å²) in [7, 11) is 4.95. The zero-order valence-corrected chi connectivity index (χ0v) is 18.3. The molecule has 8 nitrogen and oxygen atoms in total. The molecule has 0 saturated carbocycles. The molecule has 0 bridgehead atoms. The summed E-state index contributed by atoms with van der Waals surface area (Å²) < 4.78 is 27.8. The smallest absolute Gasteiger partial charge is 0.287 e. The summed E-state index contributed by atoms with van der Waals surface area (Å²) >= 11 is 4.42. The first-order valence-corrected chi connectivity index (χ1v) is 10.8. The number of hydrogen-bond donors (Lipinski definition) is 0. The molecule has 0 aliphatic carbocycles. The molecule has 0 saturated heterocycles. The molecule has 1 unspecified atom stereocenters. The van der Waals surface area contributed by atoms with E-state index in [0.717, 1.165) is 37.2 Å². The predicted octanol–water partition coefficient (Wildman–Crippen LogP) is 3.19. The van der Waals surface area contributed by atoms with E-state index in [1.165, 1.54) is 13.2 Å². The monoisotopic (exact) mass is 440 g/mol. The molecule has 0 fully saturated rings. The van der Waals surface area contributed by atoms with E-state index < -0.39 is 11.2 Å². The second-order valence-corrected chi connectivity index (χ2v) is 8.47. The van der Waals surface area contributed by atoms with Crippen molar-refractivity contribution in [1.82, 2.24) is 13.9 Å². The first-order chi connectivity index (χ1) is 13.9. The van der Waals surface area contributed by atoms with Gasteiger partial charge in [-0.2, -0.15) is 4.98 Å². The SMILES string of the molecule is COc1ccc(OCCCCCCN2C(=O)c3c(nc(Cl)n3C)N(C)S2=O)cc1. The van der Waals surface area contributed by atoms with E-state index in [9.17, 15) is 9.00 Å². The molecule has 1 aromatic carbocycles. The van der Waals surface area contributed by atoms with E-state index in [1.807, 2.05) is 24.3 Å². The largest absolute Gasteiger partial charge is 0.497 e. The summed E-state index contributed by atoms with van der Waals surface area (Å²) in [5.74, 6) is 1.66. The number of rotatable bonds is 9. The summed E-state index contributed by atoms with van der Waals surface area (Å²) in [6, 6.07) is 7.49. The molecule has 0 radical (unpaired) electrons. The minimum atomic E-state index is -1.60. The molecular weight excluding hydrogens is 416 g/mol. The van der Waals surface area contributed by atoms with Crippen LogP contribution in [0.3, 0.4) is 0 Å². The van der Waals surface area contributed by atoms with Crippen molar-refractivity contribution in [3.8, 4) is 11.5 Å². The molecule has 158 valence electrons. The van der Waals surface area contributed by atoms with Crippen molar-refractivity contribution in [2.75, 3.05) is 31.6 Å². The first kappa shape index (κ1) is 21.4. The van der Waals surface area contributed by atoms with E-state index in [2.05, 4.69) is 4.98 Å². The number of fused-ring (bicyclic) bond motifs is 1. The number of methoxy groups -OCH3 is 1. The van der Waals surface area contributed by atoms with Gasteiger partial charge in [-0.1, -0.05) is 12.8 Å². The number of carbonyl (C=O) groups is 1. The maximum Gasteiger partial charge on any atom is 0.287 e. The fourth-order valence-corrected chi connectivity index (χ4v) is 4.33. The Morgan fingerprint density at radius 1 is 1.07 bits per heavy atom. The molecule has 10 heteroatoms. The zero-order valence-electron chi connectivity index (χ0n) is 16.8. The van der Waals surface area contributed by atoms with Crippen molar-refractivity contribution in [1.29, 1.82) is 0 Å². The molecule has 29 heavy (non-hydrogen) atoms. The normalized spacial score (nSPS) is 16.1. The van der Waals surface area contributed by atoms with E-state index >= 15 is 0 Å². The molecule has 2 heterocycles. The number of benzene rings is 1. The van der Waals surface area contributed by atoms with E-state index in [1.54, 1.807) is 21.2 Å². The van der Waals surface area contributed by atoms with Crippen molar-refractivity contribution in [2.45, 2.75) is 25.7 Å². The van der Waals surface area contributed by atoms with Crippen LogP contribution in [0.25, 0.3) is 0 Å². The highest BCUT2D eigenvalue weighted by molar-refractivity contribution is 7.84. The lowest BCUT2D eigenvalue weighted by Crippen LogP contribution is -2.46. The number of anilines is 1. The van der Waals surface area contributed by atoms with E-state index in [4.69, 9.17) is 21.1 Å². The Bertz CT molecular complexity index is 887. The van der Waals surface area contributed by atoms with Crippen LogP contribution in [0.1, 0.15) is 36.2 Å². The quantitative estimate of drug-likeness (QED) is 0.559. The minimum Gasteiger partial charge on any atom is -0.497 e. The average Bonchev–Trinajstić information content (AvgIpc) is 3.03. The van der Waals surface area contributed by atoms with Crippen LogP contribution in [0, 0.1) is 0 Å². The van der Waals surface area contributed by atoms with Gasteiger partial charge in [0.15, 0.2) is 11.5 Å². The van der Waals surface area contributed by atoms with Gasteiger partial charge in [-0.15, -0.1) is 0 Å². The number of hydrogen-bond acceptors (Lipinski definition) is 5. The third-order valence-corrected chi connectivity index (χ3v) is 6.46. The van der Waals surface area contributed by atoms with Gasteiger partial charge in [-0.05, 0) is 48.7 Å². The third kappa shape index (κ3) is 4.67. The Kier molecular flexibility index (Phi) is 7.02. The Hall–Kier alpha value is -2.26. The van der Waals surface area contributed by atoms with Gasteiger partial charge in [-0.3, -0.25) is 9.10 Å². The summed E-state index contributed by atoms with van der Waals surface area (Å²) in [5.41, 5.74) is 0.366. The molecule has 0 N–H and O–H groups in total. The van der Waals surface area contributed by atoms with Crippen molar-refractivity contribution >= 4 is 34.5 Å². The molecule has 1 atom stereocenters. The number of carbonyl (C=O) groups excluding carboxylic acids is 1. The van der Waals surface area contributed by atoms with Crippen LogP contribution in [0.2, 0.25) is 5.28 Å². The minimum absolute atomic E-state index is 0.200. The number of amides is 1. The van der Waals surface area contributed by atoms with Crippen LogP contribution in [0.5, 0.6) is 11.5 Å². The highest BCUT2D eigenvalue weighted by Gasteiger charge is 2.38. The fraction of sp³-hybridized carbons (Fsp3) is 0.474. The van der Waals surface area contributed by atoms with Crippen molar-refractivity contribution in [2.24, 2.45) is 7.05 Å². The number of aromatic nitrogens is 2. The molecule has 1 aromatic heterocycles. The summed E-state index contributed by atoms with van der Waals surface area (Å²) in [6.45, 7) is 1.04. The number of unbranched alkanes of at least 4 members (excludes halogenated alkanes) is 3. The van der Waals surface area contributed by atoms with Gasteiger partial charge in [0.05, 0.1) is 13.7 Å². The van der Waals surface area contributed by atoms with Gasteiger partial charge in [0.2, 0.25) is 16.5 Å². The van der Waals surface area contributed by atoms with Crippen molar-refractivity contribution < 1.29 is 18.5 Å². The summed E-state index contributed by atoms with van der Waals surface area (Å²) in [4.78, 5) is 16.9. The molecule has 2 aromatic rings. The highest BCUT2D eigenvalue weighted by Crippen LogP contribution is 2.30. The maximum absolute atomic E-state index is 12.7. The van der Waals surface area contributed by atoms with Gasteiger partial charge < -0.3 is 14.0 Å². The van der Waals surface area contributed by atoms with Crippen LogP contribution >= 0.6 is 11.6 Å². The number of ether oxygens (including phenoxy) is 2. The van der Waals surface area contributed by atoms with Crippen LogP contribution in [0.15, 0.2) is 24.3 Å². The second-order valence-electron chi connectivity index (χ2n) is 6.69. The Labute approximate surface area is 178 Å². The first-order valence-electron chi connectivity index (χ1n) is 9.40. The average molecular weight is 441 g/mol. The fourth-order valence-electron chi connectivity index (χ4n) is 3.08. The predicted molar refractivity (Wildman–Crippen MR) is 113 cm³/mol. The Morgan fingerprint density at radius 3 is 2.41 bits per heavy atom. The molecule has 1 aliphatic heterocycles. The maximum atomic E-state index is 12.7. The van der Waals surface area contributed by atoms with Gasteiger partial charge in [0.1, 0.15) is 11.5 Å². The summed E-state index contributed by atoms with van der Waals surface area (Å²) in [6.07, 6.45) is 3.54. The third-order valence-electron chi connectivity index (χ3n) is 4.76. The highest BCUT2D eigenvalue weighted by atomic mass is 35.5.